The second-order valence-electron chi connectivity index (χ2n) is 10.1. The van der Waals surface area contributed by atoms with Crippen LogP contribution < -0.4 is 9.62 Å². The zero-order valence-electron chi connectivity index (χ0n) is 23.8. The van der Waals surface area contributed by atoms with Crippen molar-refractivity contribution in [3.05, 3.63) is 130 Å². The molecule has 0 saturated heterocycles. The van der Waals surface area contributed by atoms with E-state index < -0.39 is 28.5 Å². The van der Waals surface area contributed by atoms with Crippen LogP contribution in [0, 0.1) is 13.8 Å². The predicted molar refractivity (Wildman–Crippen MR) is 167 cm³/mol. The van der Waals surface area contributed by atoms with Crippen LogP contribution in [0.2, 0.25) is 5.02 Å². The molecule has 0 spiro atoms. The number of halogens is 1. The maximum absolute atomic E-state index is 14.3. The monoisotopic (exact) mass is 603 g/mol. The highest BCUT2D eigenvalue weighted by molar-refractivity contribution is 7.92. The molecule has 4 aromatic rings. The van der Waals surface area contributed by atoms with E-state index in [-0.39, 0.29) is 23.8 Å². The van der Waals surface area contributed by atoms with Crippen molar-refractivity contribution in [2.75, 3.05) is 17.9 Å². The second-order valence-corrected chi connectivity index (χ2v) is 12.4. The number of benzene rings is 4. The summed E-state index contributed by atoms with van der Waals surface area (Å²) < 4.78 is 29.3. The van der Waals surface area contributed by atoms with Gasteiger partial charge in [-0.25, -0.2) is 8.42 Å². The predicted octanol–water partition coefficient (Wildman–Crippen LogP) is 5.54. The van der Waals surface area contributed by atoms with Gasteiger partial charge >= 0.3 is 0 Å². The first kappa shape index (κ1) is 30.8. The number of nitrogens with one attached hydrogen (secondary N) is 1. The molecule has 0 aliphatic rings. The van der Waals surface area contributed by atoms with Crippen LogP contribution in [0.25, 0.3) is 0 Å². The van der Waals surface area contributed by atoms with Crippen LogP contribution in [0.4, 0.5) is 5.69 Å². The summed E-state index contributed by atoms with van der Waals surface area (Å²) in [4.78, 5) is 29.1. The highest BCUT2D eigenvalue weighted by Gasteiger charge is 2.34. The molecule has 7 nitrogen and oxygen atoms in total. The molecule has 42 heavy (non-hydrogen) atoms. The average molecular weight is 604 g/mol. The van der Waals surface area contributed by atoms with Gasteiger partial charge in [-0.3, -0.25) is 13.9 Å². The molecular formula is C33H34ClN3O4S. The molecule has 0 heterocycles. The number of sulfonamides is 1. The first-order chi connectivity index (χ1) is 20.1. The van der Waals surface area contributed by atoms with Crippen molar-refractivity contribution in [2.24, 2.45) is 0 Å². The zero-order valence-corrected chi connectivity index (χ0v) is 25.4. The summed E-state index contributed by atoms with van der Waals surface area (Å²) >= 11 is 6.26. The number of amides is 2. The van der Waals surface area contributed by atoms with Crippen LogP contribution in [0.1, 0.15) is 22.3 Å². The summed E-state index contributed by atoms with van der Waals surface area (Å²) in [6, 6.07) is 29.0. The summed E-state index contributed by atoms with van der Waals surface area (Å²) in [5.74, 6) is -0.892. The largest absolute Gasteiger partial charge is 0.357 e. The third-order valence-electron chi connectivity index (χ3n) is 7.03. The van der Waals surface area contributed by atoms with E-state index in [0.29, 0.717) is 21.8 Å². The minimum Gasteiger partial charge on any atom is -0.357 e. The highest BCUT2D eigenvalue weighted by atomic mass is 35.5. The van der Waals surface area contributed by atoms with E-state index >= 15 is 0 Å². The zero-order chi connectivity index (χ0) is 30.3. The Morgan fingerprint density at radius 3 is 2.12 bits per heavy atom. The molecule has 4 aromatic carbocycles. The lowest BCUT2D eigenvalue weighted by molar-refractivity contribution is -0.139. The van der Waals surface area contributed by atoms with Crippen LogP contribution in [0.15, 0.2) is 108 Å². The number of anilines is 1. The van der Waals surface area contributed by atoms with Crippen LogP contribution in [-0.4, -0.2) is 44.8 Å². The Morgan fingerprint density at radius 2 is 1.48 bits per heavy atom. The lowest BCUT2D eigenvalue weighted by Crippen LogP contribution is -2.53. The first-order valence-electron chi connectivity index (χ1n) is 13.5. The fourth-order valence-corrected chi connectivity index (χ4v) is 6.44. The molecule has 1 atom stereocenters. The maximum atomic E-state index is 14.3. The molecule has 0 aromatic heterocycles. The number of hydrogen-bond donors (Lipinski definition) is 1. The summed E-state index contributed by atoms with van der Waals surface area (Å²) in [5.41, 5.74) is 3.55. The molecule has 0 unspecified atom stereocenters. The van der Waals surface area contributed by atoms with Crippen LogP contribution in [0.3, 0.4) is 0 Å². The molecule has 9 heteroatoms. The van der Waals surface area contributed by atoms with E-state index in [2.05, 4.69) is 5.32 Å². The van der Waals surface area contributed by atoms with Crippen molar-refractivity contribution in [2.45, 2.75) is 37.8 Å². The molecule has 0 fully saturated rings. The number of carbonyl (C=O) groups is 2. The minimum absolute atomic E-state index is 0.0521. The van der Waals surface area contributed by atoms with Gasteiger partial charge < -0.3 is 10.2 Å². The van der Waals surface area contributed by atoms with Gasteiger partial charge in [0.15, 0.2) is 0 Å². The van der Waals surface area contributed by atoms with Crippen molar-refractivity contribution in [1.82, 2.24) is 10.2 Å². The molecule has 0 aliphatic heterocycles. The third kappa shape index (κ3) is 7.38. The van der Waals surface area contributed by atoms with Gasteiger partial charge in [0.2, 0.25) is 11.8 Å². The van der Waals surface area contributed by atoms with Gasteiger partial charge in [-0.1, -0.05) is 90.0 Å². The molecule has 0 aliphatic carbocycles. The van der Waals surface area contributed by atoms with Crippen LogP contribution in [-0.2, 0) is 32.6 Å². The number of para-hydroxylation sites is 1. The van der Waals surface area contributed by atoms with Crippen LogP contribution >= 0.6 is 11.6 Å². The topological polar surface area (TPSA) is 86.8 Å². The SMILES string of the molecule is CNC(=O)[C@H](Cc1ccccc1)N(Cc1cccc(Cl)c1)C(=O)CN(c1ccccc1C)S(=O)(=O)c1ccc(C)cc1. The van der Waals surface area contributed by atoms with E-state index in [4.69, 9.17) is 11.6 Å². The molecule has 1 N–H and O–H groups in total. The normalized spacial score (nSPS) is 11.9. The Hall–Kier alpha value is -4.14. The fraction of sp³-hybridized carbons (Fsp3) is 0.212. The van der Waals surface area contributed by atoms with Gasteiger partial charge in [-0.15, -0.1) is 0 Å². The number of rotatable bonds is 11. The smallest absolute Gasteiger partial charge is 0.264 e. The second kappa shape index (κ2) is 13.7. The Balaban J connectivity index is 1.80. The number of nitrogens with zero attached hydrogens (tertiary/aromatic N) is 2. The van der Waals surface area contributed by atoms with E-state index in [1.807, 2.05) is 49.4 Å². The molecule has 0 radical (unpaired) electrons. The van der Waals surface area contributed by atoms with E-state index in [9.17, 15) is 18.0 Å². The molecular weight excluding hydrogens is 570 g/mol. The minimum atomic E-state index is -4.15. The fourth-order valence-electron chi connectivity index (χ4n) is 4.75. The Labute approximate surface area is 252 Å². The van der Waals surface area contributed by atoms with Gasteiger partial charge in [0.25, 0.3) is 10.0 Å². The quantitative estimate of drug-likeness (QED) is 0.244. The number of likely N-dealkylation sites (N-methyl/N-ethyl adjacent to an activating group) is 1. The van der Waals surface area contributed by atoms with Gasteiger partial charge in [0.05, 0.1) is 10.6 Å². The Bertz CT molecular complexity index is 1640. The number of carbonyl (C=O) groups excluding carboxylic acids is 2. The van der Waals surface area contributed by atoms with E-state index in [1.54, 1.807) is 55.5 Å². The Kier molecular flexibility index (Phi) is 10.0. The van der Waals surface area contributed by atoms with Gasteiger partial charge in [-0.2, -0.15) is 0 Å². The summed E-state index contributed by atoms with van der Waals surface area (Å²) in [6.07, 6.45) is 0.238. The first-order valence-corrected chi connectivity index (χ1v) is 15.4. The van der Waals surface area contributed by atoms with Gasteiger partial charge in [0, 0.05) is 25.0 Å². The summed E-state index contributed by atoms with van der Waals surface area (Å²) in [7, 11) is -2.63. The molecule has 0 bridgehead atoms. The molecule has 0 saturated carbocycles. The summed E-state index contributed by atoms with van der Waals surface area (Å²) in [5, 5.41) is 3.17. The van der Waals surface area contributed by atoms with Crippen LogP contribution in [0.5, 0.6) is 0 Å². The number of hydrogen-bond acceptors (Lipinski definition) is 4. The highest BCUT2D eigenvalue weighted by Crippen LogP contribution is 2.28. The van der Waals surface area contributed by atoms with E-state index in [0.717, 1.165) is 15.4 Å². The van der Waals surface area contributed by atoms with Gasteiger partial charge in [0.1, 0.15) is 12.6 Å². The Morgan fingerprint density at radius 1 is 0.833 bits per heavy atom. The van der Waals surface area contributed by atoms with Gasteiger partial charge in [-0.05, 0) is 60.9 Å². The maximum Gasteiger partial charge on any atom is 0.264 e. The van der Waals surface area contributed by atoms with E-state index in [1.165, 1.54) is 24.1 Å². The van der Waals surface area contributed by atoms with Crippen molar-refractivity contribution < 1.29 is 18.0 Å². The average Bonchev–Trinajstić information content (AvgIpc) is 2.98. The lowest BCUT2D eigenvalue weighted by Gasteiger charge is -2.34. The van der Waals surface area contributed by atoms with Crippen molar-refractivity contribution in [3.63, 3.8) is 0 Å². The molecule has 218 valence electrons. The van der Waals surface area contributed by atoms with Crippen molar-refractivity contribution >= 4 is 39.1 Å². The lowest BCUT2D eigenvalue weighted by atomic mass is 10.0. The third-order valence-corrected chi connectivity index (χ3v) is 9.04. The number of aryl methyl sites for hydroxylation is 2. The van der Waals surface area contributed by atoms with Crippen molar-refractivity contribution in [1.29, 1.82) is 0 Å². The molecule has 2 amide bonds. The summed E-state index contributed by atoms with van der Waals surface area (Å²) in [6.45, 7) is 3.21. The molecule has 4 rings (SSSR count). The van der Waals surface area contributed by atoms with Crippen molar-refractivity contribution in [3.8, 4) is 0 Å². The standard InChI is InChI=1S/C33H34ClN3O4S/c1-24-16-18-29(19-17-24)42(40,41)37(30-15-8-7-10-25(30)2)23-32(38)36(22-27-13-9-14-28(34)20-27)31(33(39)35-3)21-26-11-5-4-6-12-26/h4-20,31H,21-23H2,1-3H3,(H,35,39)/t31-/m0/s1.